The van der Waals surface area contributed by atoms with E-state index in [0.29, 0.717) is 22.6 Å². The van der Waals surface area contributed by atoms with Crippen LogP contribution >= 0.6 is 11.3 Å². The number of nitrogen functional groups attached to an aromatic ring is 1. The fraction of sp³-hybridized carbons (Fsp3) is 0.0400. The molecule has 160 valence electrons. The minimum Gasteiger partial charge on any atom is -0.465 e. The van der Waals surface area contributed by atoms with Crippen LogP contribution in [0.5, 0.6) is 0 Å². The van der Waals surface area contributed by atoms with Crippen LogP contribution in [-0.2, 0) is 6.54 Å². The summed E-state index contributed by atoms with van der Waals surface area (Å²) in [6.45, 7) is 0.178. The van der Waals surface area contributed by atoms with Gasteiger partial charge >= 0.3 is 6.09 Å². The van der Waals surface area contributed by atoms with E-state index >= 15 is 0 Å². The van der Waals surface area contributed by atoms with Gasteiger partial charge in [0.05, 0.1) is 17.9 Å². The zero-order chi connectivity index (χ0) is 22.5. The number of hydrogen-bond acceptors (Lipinski definition) is 4. The smallest absolute Gasteiger partial charge is 0.412 e. The van der Waals surface area contributed by atoms with Gasteiger partial charge in [-0.15, -0.1) is 11.3 Å². The highest BCUT2D eigenvalue weighted by atomic mass is 32.1. The van der Waals surface area contributed by atoms with E-state index < -0.39 is 6.09 Å². The molecule has 1 aromatic heterocycles. The molecule has 1 heterocycles. The monoisotopic (exact) mass is 443 g/mol. The van der Waals surface area contributed by atoms with Crippen molar-refractivity contribution in [2.24, 2.45) is 0 Å². The van der Waals surface area contributed by atoms with E-state index in [4.69, 9.17) is 5.73 Å². The number of nitrogens with two attached hydrogens (primary N) is 1. The van der Waals surface area contributed by atoms with Gasteiger partial charge in [0.25, 0.3) is 5.91 Å². The maximum atomic E-state index is 12.8. The molecule has 0 aliphatic carbocycles. The maximum absolute atomic E-state index is 12.8. The Bertz CT molecular complexity index is 1220. The van der Waals surface area contributed by atoms with Crippen molar-refractivity contribution >= 4 is 40.4 Å². The van der Waals surface area contributed by atoms with E-state index in [1.807, 2.05) is 35.7 Å². The van der Waals surface area contributed by atoms with Crippen molar-refractivity contribution in [2.45, 2.75) is 6.54 Å². The zero-order valence-corrected chi connectivity index (χ0v) is 17.9. The van der Waals surface area contributed by atoms with Gasteiger partial charge in [0, 0.05) is 16.1 Å². The number of carbonyl (C=O) groups excluding carboxylic acids is 1. The summed E-state index contributed by atoms with van der Waals surface area (Å²) in [5, 5.41) is 14.4. The van der Waals surface area contributed by atoms with Gasteiger partial charge in [0.2, 0.25) is 0 Å². The van der Waals surface area contributed by atoms with Crippen LogP contribution in [0.15, 0.2) is 90.3 Å². The highest BCUT2D eigenvalue weighted by molar-refractivity contribution is 7.13. The maximum Gasteiger partial charge on any atom is 0.412 e. The Kier molecular flexibility index (Phi) is 6.19. The number of para-hydroxylation sites is 1. The standard InChI is InChI=1S/C25H21N3O3S/c26-21-13-12-19(23-7-4-14-32-23)15-22(21)27-24(29)18-10-8-17(9-11-18)16-28(25(30)31)20-5-2-1-3-6-20/h1-15H,16,26H2,(H,27,29)(H,30,31). The van der Waals surface area contributed by atoms with E-state index in [9.17, 15) is 14.7 Å². The fourth-order valence-corrected chi connectivity index (χ4v) is 4.00. The Hall–Kier alpha value is -4.10. The van der Waals surface area contributed by atoms with Crippen LogP contribution in [0.2, 0.25) is 0 Å². The van der Waals surface area contributed by atoms with Gasteiger partial charge in [-0.1, -0.05) is 42.5 Å². The number of benzene rings is 3. The van der Waals surface area contributed by atoms with Crippen LogP contribution in [0.3, 0.4) is 0 Å². The third-order valence-corrected chi connectivity index (χ3v) is 5.88. The molecular formula is C25H21N3O3S. The molecule has 0 spiro atoms. The van der Waals surface area contributed by atoms with Crippen molar-refractivity contribution in [3.63, 3.8) is 0 Å². The molecule has 3 aromatic carbocycles. The summed E-state index contributed by atoms with van der Waals surface area (Å²) in [5.41, 5.74) is 9.88. The summed E-state index contributed by atoms with van der Waals surface area (Å²) >= 11 is 1.61. The number of thiophene rings is 1. The predicted octanol–water partition coefficient (Wildman–Crippen LogP) is 5.93. The van der Waals surface area contributed by atoms with Gasteiger partial charge < -0.3 is 16.2 Å². The van der Waals surface area contributed by atoms with Crippen molar-refractivity contribution in [3.05, 3.63) is 101 Å². The van der Waals surface area contributed by atoms with Gasteiger partial charge in [-0.3, -0.25) is 9.69 Å². The number of anilines is 3. The van der Waals surface area contributed by atoms with Crippen LogP contribution in [0, 0.1) is 0 Å². The van der Waals surface area contributed by atoms with E-state index in [1.165, 1.54) is 4.90 Å². The highest BCUT2D eigenvalue weighted by Crippen LogP contribution is 2.30. The summed E-state index contributed by atoms with van der Waals surface area (Å²) in [6, 6.07) is 25.3. The van der Waals surface area contributed by atoms with Crippen molar-refractivity contribution in [3.8, 4) is 10.4 Å². The second-order valence-corrected chi connectivity index (χ2v) is 8.08. The first kappa shape index (κ1) is 21.1. The molecule has 0 saturated heterocycles. The third kappa shape index (κ3) is 4.79. The molecule has 0 aliphatic rings. The molecular weight excluding hydrogens is 422 g/mol. The Morgan fingerprint density at radius 2 is 1.69 bits per heavy atom. The predicted molar refractivity (Wildman–Crippen MR) is 129 cm³/mol. The average Bonchev–Trinajstić information content (AvgIpc) is 3.34. The minimum atomic E-state index is -1.04. The van der Waals surface area contributed by atoms with Crippen LogP contribution in [0.4, 0.5) is 21.9 Å². The zero-order valence-electron chi connectivity index (χ0n) is 17.1. The molecule has 4 N–H and O–H groups in total. The first-order valence-corrected chi connectivity index (χ1v) is 10.8. The minimum absolute atomic E-state index is 0.178. The molecule has 0 fully saturated rings. The topological polar surface area (TPSA) is 95.7 Å². The van der Waals surface area contributed by atoms with Crippen LogP contribution in [-0.4, -0.2) is 17.1 Å². The molecule has 6 nitrogen and oxygen atoms in total. The molecule has 0 atom stereocenters. The SMILES string of the molecule is Nc1ccc(-c2cccs2)cc1NC(=O)c1ccc(CN(C(=O)O)c2ccccc2)cc1. The molecule has 0 aliphatic heterocycles. The Morgan fingerprint density at radius 3 is 2.34 bits per heavy atom. The number of nitrogens with zero attached hydrogens (tertiary/aromatic N) is 1. The number of amides is 2. The van der Waals surface area contributed by atoms with E-state index in [2.05, 4.69) is 5.32 Å². The van der Waals surface area contributed by atoms with Crippen molar-refractivity contribution < 1.29 is 14.7 Å². The van der Waals surface area contributed by atoms with Crippen molar-refractivity contribution in [1.29, 1.82) is 0 Å². The highest BCUT2D eigenvalue weighted by Gasteiger charge is 2.15. The summed E-state index contributed by atoms with van der Waals surface area (Å²) in [5.74, 6) is -0.287. The molecule has 4 rings (SSSR count). The van der Waals surface area contributed by atoms with Crippen LogP contribution < -0.4 is 16.0 Å². The molecule has 0 saturated carbocycles. The van der Waals surface area contributed by atoms with Crippen LogP contribution in [0.1, 0.15) is 15.9 Å². The molecule has 32 heavy (non-hydrogen) atoms. The van der Waals surface area contributed by atoms with Gasteiger partial charge in [0.15, 0.2) is 0 Å². The van der Waals surface area contributed by atoms with Gasteiger partial charge in [-0.2, -0.15) is 0 Å². The molecule has 2 amide bonds. The molecule has 4 aromatic rings. The van der Waals surface area contributed by atoms with Crippen molar-refractivity contribution in [1.82, 2.24) is 0 Å². The number of nitrogens with one attached hydrogen (secondary N) is 1. The number of hydrogen-bond donors (Lipinski definition) is 3. The van der Waals surface area contributed by atoms with Gasteiger partial charge in [-0.25, -0.2) is 4.79 Å². The van der Waals surface area contributed by atoms with Gasteiger partial charge in [-0.05, 0) is 59.0 Å². The largest absolute Gasteiger partial charge is 0.465 e. The third-order valence-electron chi connectivity index (χ3n) is 4.96. The number of carboxylic acid groups (broad SMARTS) is 1. The Labute approximate surface area is 189 Å². The quantitative estimate of drug-likeness (QED) is 0.322. The first-order valence-electron chi connectivity index (χ1n) is 9.90. The second-order valence-electron chi connectivity index (χ2n) is 7.13. The van der Waals surface area contributed by atoms with E-state index in [-0.39, 0.29) is 12.5 Å². The Balaban J connectivity index is 1.48. The summed E-state index contributed by atoms with van der Waals surface area (Å²) < 4.78 is 0. The van der Waals surface area contributed by atoms with Crippen LogP contribution in [0.25, 0.3) is 10.4 Å². The lowest BCUT2D eigenvalue weighted by atomic mass is 10.1. The second kappa shape index (κ2) is 9.36. The number of rotatable bonds is 6. The Morgan fingerprint density at radius 1 is 0.938 bits per heavy atom. The van der Waals surface area contributed by atoms with Gasteiger partial charge in [0.1, 0.15) is 0 Å². The molecule has 0 unspecified atom stereocenters. The first-order chi connectivity index (χ1) is 15.5. The molecule has 7 heteroatoms. The van der Waals surface area contributed by atoms with Crippen molar-refractivity contribution in [2.75, 3.05) is 16.0 Å². The summed E-state index contributed by atoms with van der Waals surface area (Å²) in [6.07, 6.45) is -1.04. The summed E-state index contributed by atoms with van der Waals surface area (Å²) in [4.78, 5) is 26.8. The average molecular weight is 444 g/mol. The lowest BCUT2D eigenvalue weighted by molar-refractivity contribution is 0.102. The van der Waals surface area contributed by atoms with E-state index in [0.717, 1.165) is 16.0 Å². The normalized spacial score (nSPS) is 10.5. The lowest BCUT2D eigenvalue weighted by Crippen LogP contribution is -2.28. The van der Waals surface area contributed by atoms with E-state index in [1.54, 1.807) is 65.9 Å². The molecule has 0 bridgehead atoms. The fourth-order valence-electron chi connectivity index (χ4n) is 3.28. The molecule has 0 radical (unpaired) electrons. The number of carbonyl (C=O) groups is 2. The summed E-state index contributed by atoms with van der Waals surface area (Å²) in [7, 11) is 0. The lowest BCUT2D eigenvalue weighted by Gasteiger charge is -2.19.